The van der Waals surface area contributed by atoms with Crippen LogP contribution < -0.4 is 0 Å². The smallest absolute Gasteiger partial charge is 0.306 e. The Morgan fingerprint density at radius 1 is 1.62 bits per heavy atom. The largest absolute Gasteiger partial charge is 0.481 e. The zero-order chi connectivity index (χ0) is 12.1. The number of allylic oxidation sites excluding steroid dienone is 2. The average molecular weight is 224 g/mol. The Morgan fingerprint density at radius 2 is 2.31 bits per heavy atom. The first-order chi connectivity index (χ1) is 7.57. The lowest BCUT2D eigenvalue weighted by Crippen LogP contribution is -2.25. The van der Waals surface area contributed by atoms with Crippen LogP contribution in [-0.4, -0.2) is 16.9 Å². The summed E-state index contributed by atoms with van der Waals surface area (Å²) in [6.45, 7) is 3.78. The summed E-state index contributed by atoms with van der Waals surface area (Å²) in [7, 11) is 0. The van der Waals surface area contributed by atoms with Crippen molar-refractivity contribution in [1.29, 1.82) is 0 Å². The van der Waals surface area contributed by atoms with Crippen molar-refractivity contribution in [3.63, 3.8) is 0 Å². The molecule has 0 aromatic rings. The van der Waals surface area contributed by atoms with E-state index in [1.54, 1.807) is 6.92 Å². The van der Waals surface area contributed by atoms with Gasteiger partial charge < -0.3 is 5.11 Å². The van der Waals surface area contributed by atoms with Gasteiger partial charge in [0, 0.05) is 12.3 Å². The van der Waals surface area contributed by atoms with Crippen LogP contribution in [0.4, 0.5) is 0 Å². The van der Waals surface area contributed by atoms with E-state index in [0.29, 0.717) is 12.8 Å². The fourth-order valence-electron chi connectivity index (χ4n) is 2.30. The molecule has 1 N–H and O–H groups in total. The topological polar surface area (TPSA) is 54.4 Å². The molecule has 0 radical (unpaired) electrons. The second-order valence-electron chi connectivity index (χ2n) is 4.54. The van der Waals surface area contributed by atoms with Gasteiger partial charge in [0.1, 0.15) is 5.78 Å². The number of carboxylic acids is 1. The molecule has 3 nitrogen and oxygen atoms in total. The predicted molar refractivity (Wildman–Crippen MR) is 62.1 cm³/mol. The van der Waals surface area contributed by atoms with E-state index in [1.165, 1.54) is 0 Å². The predicted octanol–water partition coefficient (Wildman–Crippen LogP) is 2.66. The van der Waals surface area contributed by atoms with Crippen molar-refractivity contribution >= 4 is 11.8 Å². The average Bonchev–Trinajstić information content (AvgIpc) is 2.60. The molecule has 1 aliphatic carbocycles. The fourth-order valence-corrected chi connectivity index (χ4v) is 2.30. The molecule has 0 spiro atoms. The van der Waals surface area contributed by atoms with Gasteiger partial charge in [-0.2, -0.15) is 0 Å². The Bertz CT molecular complexity index is 294. The zero-order valence-electron chi connectivity index (χ0n) is 9.98. The Kier molecular flexibility index (Phi) is 4.71. The summed E-state index contributed by atoms with van der Waals surface area (Å²) in [5.74, 6) is -1.21. The van der Waals surface area contributed by atoms with E-state index >= 15 is 0 Å². The standard InChI is InChI=1S/C13H20O3/c1-3-4-5-6-11-10(7-8-12(11)14)9(2)13(15)16/h5-6,9-11H,3-4,7-8H2,1-2H3,(H,15,16). The molecule has 0 aliphatic heterocycles. The van der Waals surface area contributed by atoms with E-state index in [0.717, 1.165) is 12.8 Å². The van der Waals surface area contributed by atoms with Crippen molar-refractivity contribution in [1.82, 2.24) is 0 Å². The van der Waals surface area contributed by atoms with Gasteiger partial charge in [0.2, 0.25) is 0 Å². The number of Topliss-reactive ketones (excluding diaryl/α,β-unsaturated/α-hetero) is 1. The first-order valence-corrected chi connectivity index (χ1v) is 6.00. The van der Waals surface area contributed by atoms with Crippen molar-refractivity contribution in [2.45, 2.75) is 39.5 Å². The molecule has 16 heavy (non-hydrogen) atoms. The quantitative estimate of drug-likeness (QED) is 0.730. The van der Waals surface area contributed by atoms with Crippen LogP contribution in [-0.2, 0) is 9.59 Å². The molecule has 0 aromatic heterocycles. The number of ketones is 1. The SMILES string of the molecule is CCCC=CC1C(=O)CCC1C(C)C(=O)O. The first kappa shape index (κ1) is 12.9. The summed E-state index contributed by atoms with van der Waals surface area (Å²) < 4.78 is 0. The summed E-state index contributed by atoms with van der Waals surface area (Å²) in [5, 5.41) is 8.98. The molecule has 0 bridgehead atoms. The van der Waals surface area contributed by atoms with Crippen molar-refractivity contribution in [2.24, 2.45) is 17.8 Å². The van der Waals surface area contributed by atoms with Crippen LogP contribution in [0.3, 0.4) is 0 Å². The van der Waals surface area contributed by atoms with E-state index in [2.05, 4.69) is 6.92 Å². The van der Waals surface area contributed by atoms with Crippen LogP contribution in [0.2, 0.25) is 0 Å². The molecular weight excluding hydrogens is 204 g/mol. The summed E-state index contributed by atoms with van der Waals surface area (Å²) in [5.41, 5.74) is 0. The lowest BCUT2D eigenvalue weighted by Gasteiger charge is -2.19. The monoisotopic (exact) mass is 224 g/mol. The maximum atomic E-state index is 11.7. The third-order valence-electron chi connectivity index (χ3n) is 3.39. The van der Waals surface area contributed by atoms with Gasteiger partial charge in [0.25, 0.3) is 0 Å². The lowest BCUT2D eigenvalue weighted by atomic mass is 9.84. The van der Waals surface area contributed by atoms with E-state index in [1.807, 2.05) is 12.2 Å². The maximum absolute atomic E-state index is 11.7. The van der Waals surface area contributed by atoms with Gasteiger partial charge in [0.15, 0.2) is 0 Å². The van der Waals surface area contributed by atoms with Gasteiger partial charge in [-0.05, 0) is 18.8 Å². The maximum Gasteiger partial charge on any atom is 0.306 e. The third-order valence-corrected chi connectivity index (χ3v) is 3.39. The van der Waals surface area contributed by atoms with Crippen LogP contribution >= 0.6 is 0 Å². The van der Waals surface area contributed by atoms with Gasteiger partial charge in [-0.25, -0.2) is 0 Å². The molecule has 1 aliphatic rings. The van der Waals surface area contributed by atoms with E-state index in [-0.39, 0.29) is 17.6 Å². The molecule has 1 rings (SSSR count). The number of carbonyl (C=O) groups is 2. The van der Waals surface area contributed by atoms with Gasteiger partial charge in [-0.15, -0.1) is 0 Å². The highest BCUT2D eigenvalue weighted by atomic mass is 16.4. The molecule has 3 unspecified atom stereocenters. The Balaban J connectivity index is 2.69. The number of carboxylic acid groups (broad SMARTS) is 1. The minimum atomic E-state index is -0.798. The Hall–Kier alpha value is -1.12. The van der Waals surface area contributed by atoms with Gasteiger partial charge in [0.05, 0.1) is 5.92 Å². The van der Waals surface area contributed by atoms with Crippen LogP contribution in [0.1, 0.15) is 39.5 Å². The second-order valence-corrected chi connectivity index (χ2v) is 4.54. The van der Waals surface area contributed by atoms with Crippen LogP contribution in [0, 0.1) is 17.8 Å². The summed E-state index contributed by atoms with van der Waals surface area (Å²) >= 11 is 0. The molecule has 1 fully saturated rings. The van der Waals surface area contributed by atoms with E-state index in [4.69, 9.17) is 5.11 Å². The second kappa shape index (κ2) is 5.83. The molecule has 0 amide bonds. The minimum absolute atomic E-state index is 0.0156. The molecule has 0 aromatic carbocycles. The van der Waals surface area contributed by atoms with Crippen molar-refractivity contribution in [2.75, 3.05) is 0 Å². The molecule has 3 heteroatoms. The molecule has 0 saturated heterocycles. The Labute approximate surface area is 96.5 Å². The summed E-state index contributed by atoms with van der Waals surface area (Å²) in [6.07, 6.45) is 7.18. The molecular formula is C13H20O3. The van der Waals surface area contributed by atoms with E-state index in [9.17, 15) is 9.59 Å². The highest BCUT2D eigenvalue weighted by molar-refractivity contribution is 5.86. The highest BCUT2D eigenvalue weighted by Crippen LogP contribution is 2.35. The van der Waals surface area contributed by atoms with Gasteiger partial charge in [-0.3, -0.25) is 9.59 Å². The number of unbranched alkanes of at least 4 members (excludes halogenated alkanes) is 1. The number of hydrogen-bond acceptors (Lipinski definition) is 2. The molecule has 90 valence electrons. The zero-order valence-corrected chi connectivity index (χ0v) is 9.98. The highest BCUT2D eigenvalue weighted by Gasteiger charge is 2.38. The minimum Gasteiger partial charge on any atom is -0.481 e. The van der Waals surface area contributed by atoms with Crippen LogP contribution in [0.5, 0.6) is 0 Å². The Morgan fingerprint density at radius 3 is 2.88 bits per heavy atom. The number of aliphatic carboxylic acids is 1. The van der Waals surface area contributed by atoms with Gasteiger partial charge in [-0.1, -0.05) is 32.4 Å². The summed E-state index contributed by atoms with van der Waals surface area (Å²) in [6, 6.07) is 0. The van der Waals surface area contributed by atoms with Crippen molar-refractivity contribution < 1.29 is 14.7 Å². The van der Waals surface area contributed by atoms with Crippen LogP contribution in [0.15, 0.2) is 12.2 Å². The number of carbonyl (C=O) groups excluding carboxylic acids is 1. The van der Waals surface area contributed by atoms with Crippen LogP contribution in [0.25, 0.3) is 0 Å². The van der Waals surface area contributed by atoms with Gasteiger partial charge >= 0.3 is 5.97 Å². The number of rotatable bonds is 5. The molecule has 1 saturated carbocycles. The van der Waals surface area contributed by atoms with Crippen molar-refractivity contribution in [3.8, 4) is 0 Å². The number of hydrogen-bond donors (Lipinski definition) is 1. The first-order valence-electron chi connectivity index (χ1n) is 6.00. The van der Waals surface area contributed by atoms with Crippen molar-refractivity contribution in [3.05, 3.63) is 12.2 Å². The van der Waals surface area contributed by atoms with E-state index < -0.39 is 11.9 Å². The molecule has 0 heterocycles. The normalized spacial score (nSPS) is 27.5. The fraction of sp³-hybridized carbons (Fsp3) is 0.692. The third kappa shape index (κ3) is 2.94. The summed E-state index contributed by atoms with van der Waals surface area (Å²) in [4.78, 5) is 22.6. The molecule has 3 atom stereocenters. The lowest BCUT2D eigenvalue weighted by molar-refractivity contribution is -0.143.